The summed E-state index contributed by atoms with van der Waals surface area (Å²) in [4.78, 5) is 4.05. The molecule has 13 heavy (non-hydrogen) atoms. The molecule has 0 fully saturated rings. The first-order valence-electron chi connectivity index (χ1n) is 3.83. The van der Waals surface area contributed by atoms with Crippen molar-refractivity contribution in [1.29, 1.82) is 0 Å². The summed E-state index contributed by atoms with van der Waals surface area (Å²) >= 11 is 0. The summed E-state index contributed by atoms with van der Waals surface area (Å²) in [7, 11) is 3.59. The summed E-state index contributed by atoms with van der Waals surface area (Å²) in [5.41, 5.74) is 6.27. The maximum atomic E-state index is 5.54. The van der Waals surface area contributed by atoms with Gasteiger partial charge >= 0.3 is 0 Å². The van der Waals surface area contributed by atoms with Gasteiger partial charge in [0, 0.05) is 20.3 Å². The SMILES string of the molecule is Cn1ccc(-c2nc(N)n(C)n2)n1. The number of aryl methyl sites for hydroxylation is 2. The number of nitrogen functional groups attached to an aromatic ring is 1. The molecule has 2 aromatic heterocycles. The Morgan fingerprint density at radius 3 is 2.54 bits per heavy atom. The van der Waals surface area contributed by atoms with Crippen molar-refractivity contribution in [3.05, 3.63) is 12.3 Å². The van der Waals surface area contributed by atoms with Gasteiger partial charge in [0.05, 0.1) is 0 Å². The molecule has 0 radical (unpaired) electrons. The van der Waals surface area contributed by atoms with Crippen LogP contribution < -0.4 is 5.73 Å². The molecule has 0 aliphatic heterocycles. The van der Waals surface area contributed by atoms with Gasteiger partial charge in [0.2, 0.25) is 11.8 Å². The average molecular weight is 178 g/mol. The van der Waals surface area contributed by atoms with E-state index in [-0.39, 0.29) is 0 Å². The van der Waals surface area contributed by atoms with Crippen molar-refractivity contribution in [3.8, 4) is 11.5 Å². The van der Waals surface area contributed by atoms with Gasteiger partial charge in [-0.2, -0.15) is 10.1 Å². The molecule has 2 aromatic rings. The van der Waals surface area contributed by atoms with E-state index in [1.54, 1.807) is 11.7 Å². The Kier molecular flexibility index (Phi) is 1.54. The van der Waals surface area contributed by atoms with E-state index in [1.807, 2.05) is 19.3 Å². The van der Waals surface area contributed by atoms with Crippen LogP contribution in [-0.2, 0) is 14.1 Å². The van der Waals surface area contributed by atoms with Crippen molar-refractivity contribution in [3.63, 3.8) is 0 Å². The second-order valence-corrected chi connectivity index (χ2v) is 2.79. The number of rotatable bonds is 1. The molecule has 2 rings (SSSR count). The third-order valence-corrected chi connectivity index (χ3v) is 1.74. The largest absolute Gasteiger partial charge is 0.368 e. The van der Waals surface area contributed by atoms with Crippen LogP contribution in [0, 0.1) is 0 Å². The first kappa shape index (κ1) is 7.78. The van der Waals surface area contributed by atoms with Gasteiger partial charge in [-0.05, 0) is 6.07 Å². The second-order valence-electron chi connectivity index (χ2n) is 2.79. The van der Waals surface area contributed by atoms with Crippen LogP contribution in [0.1, 0.15) is 0 Å². The van der Waals surface area contributed by atoms with E-state index in [0.29, 0.717) is 11.8 Å². The van der Waals surface area contributed by atoms with E-state index < -0.39 is 0 Å². The summed E-state index contributed by atoms with van der Waals surface area (Å²) in [6.45, 7) is 0. The molecule has 6 nitrogen and oxygen atoms in total. The first-order valence-corrected chi connectivity index (χ1v) is 3.83. The standard InChI is InChI=1S/C7H10N6/c1-12-4-3-5(10-12)6-9-7(8)13(2)11-6/h3-4H,1-2H3,(H2,8,9,11). The fourth-order valence-corrected chi connectivity index (χ4v) is 1.04. The van der Waals surface area contributed by atoms with Crippen molar-refractivity contribution in [2.45, 2.75) is 0 Å². The van der Waals surface area contributed by atoms with E-state index in [9.17, 15) is 0 Å². The lowest BCUT2D eigenvalue weighted by atomic mass is 10.4. The van der Waals surface area contributed by atoms with Crippen molar-refractivity contribution in [2.24, 2.45) is 14.1 Å². The smallest absolute Gasteiger partial charge is 0.218 e. The van der Waals surface area contributed by atoms with Gasteiger partial charge in [0.25, 0.3) is 0 Å². The van der Waals surface area contributed by atoms with Crippen LogP contribution in [0.3, 0.4) is 0 Å². The maximum absolute atomic E-state index is 5.54. The summed E-state index contributed by atoms with van der Waals surface area (Å²) in [5.74, 6) is 0.946. The summed E-state index contributed by atoms with van der Waals surface area (Å²) in [5, 5.41) is 8.26. The molecule has 0 bridgehead atoms. The van der Waals surface area contributed by atoms with Gasteiger partial charge in [0.1, 0.15) is 5.69 Å². The molecule has 0 spiro atoms. The van der Waals surface area contributed by atoms with Crippen molar-refractivity contribution in [1.82, 2.24) is 24.5 Å². The lowest BCUT2D eigenvalue weighted by Gasteiger charge is -1.86. The van der Waals surface area contributed by atoms with Crippen LogP contribution in [0.4, 0.5) is 5.95 Å². The van der Waals surface area contributed by atoms with Crippen LogP contribution in [-0.4, -0.2) is 24.5 Å². The van der Waals surface area contributed by atoms with E-state index in [2.05, 4.69) is 15.2 Å². The second kappa shape index (κ2) is 2.58. The van der Waals surface area contributed by atoms with Gasteiger partial charge in [-0.25, -0.2) is 4.68 Å². The third kappa shape index (κ3) is 1.26. The zero-order chi connectivity index (χ0) is 9.42. The Hall–Kier alpha value is -1.85. The number of hydrogen-bond donors (Lipinski definition) is 1. The molecule has 68 valence electrons. The highest BCUT2D eigenvalue weighted by atomic mass is 15.4. The zero-order valence-electron chi connectivity index (χ0n) is 7.47. The molecular formula is C7H10N6. The summed E-state index contributed by atoms with van der Waals surface area (Å²) < 4.78 is 3.21. The molecular weight excluding hydrogens is 168 g/mol. The van der Waals surface area contributed by atoms with Crippen LogP contribution in [0.2, 0.25) is 0 Å². The Morgan fingerprint density at radius 2 is 2.08 bits per heavy atom. The van der Waals surface area contributed by atoms with Crippen LogP contribution in [0.25, 0.3) is 11.5 Å². The highest BCUT2D eigenvalue weighted by molar-refractivity contribution is 5.49. The minimum atomic E-state index is 0.389. The van der Waals surface area contributed by atoms with Crippen molar-refractivity contribution < 1.29 is 0 Å². The molecule has 0 saturated carbocycles. The Balaban J connectivity index is 2.46. The highest BCUT2D eigenvalue weighted by Crippen LogP contribution is 2.12. The Labute approximate surface area is 75.0 Å². The normalized spacial score (nSPS) is 10.6. The predicted octanol–water partition coefficient (Wildman–Crippen LogP) is -0.202. The molecule has 6 heteroatoms. The Morgan fingerprint density at radius 1 is 1.31 bits per heavy atom. The van der Waals surface area contributed by atoms with Gasteiger partial charge in [-0.3, -0.25) is 4.68 Å². The molecule has 0 aromatic carbocycles. The van der Waals surface area contributed by atoms with Gasteiger partial charge < -0.3 is 5.73 Å². The fourth-order valence-electron chi connectivity index (χ4n) is 1.04. The lowest BCUT2D eigenvalue weighted by molar-refractivity contribution is 0.760. The number of nitrogens with two attached hydrogens (primary N) is 1. The number of anilines is 1. The van der Waals surface area contributed by atoms with Gasteiger partial charge in [0.15, 0.2) is 0 Å². The summed E-state index contributed by atoms with van der Waals surface area (Å²) in [6, 6.07) is 1.84. The van der Waals surface area contributed by atoms with E-state index in [1.165, 1.54) is 4.68 Å². The van der Waals surface area contributed by atoms with Gasteiger partial charge in [-0.15, -0.1) is 5.10 Å². The van der Waals surface area contributed by atoms with Crippen molar-refractivity contribution >= 4 is 5.95 Å². The van der Waals surface area contributed by atoms with Crippen LogP contribution in [0.15, 0.2) is 12.3 Å². The van der Waals surface area contributed by atoms with E-state index in [4.69, 9.17) is 5.73 Å². The van der Waals surface area contributed by atoms with E-state index in [0.717, 1.165) is 5.69 Å². The molecule has 0 amide bonds. The average Bonchev–Trinajstić information content (AvgIpc) is 2.61. The van der Waals surface area contributed by atoms with Crippen molar-refractivity contribution in [2.75, 3.05) is 5.73 Å². The predicted molar refractivity (Wildman–Crippen MR) is 47.6 cm³/mol. The molecule has 0 aliphatic carbocycles. The molecule has 2 heterocycles. The monoisotopic (exact) mass is 178 g/mol. The Bertz CT molecular complexity index is 406. The first-order chi connectivity index (χ1) is 6.16. The van der Waals surface area contributed by atoms with Crippen LogP contribution in [0.5, 0.6) is 0 Å². The fraction of sp³-hybridized carbons (Fsp3) is 0.286. The number of aromatic nitrogens is 5. The zero-order valence-corrected chi connectivity index (χ0v) is 7.47. The minimum Gasteiger partial charge on any atom is -0.368 e. The molecule has 0 atom stereocenters. The van der Waals surface area contributed by atoms with Crippen LogP contribution >= 0.6 is 0 Å². The molecule has 0 unspecified atom stereocenters. The molecule has 0 saturated heterocycles. The van der Waals surface area contributed by atoms with E-state index >= 15 is 0 Å². The quantitative estimate of drug-likeness (QED) is 0.656. The number of nitrogens with zero attached hydrogens (tertiary/aromatic N) is 5. The van der Waals surface area contributed by atoms with Gasteiger partial charge in [-0.1, -0.05) is 0 Å². The third-order valence-electron chi connectivity index (χ3n) is 1.74. The summed E-state index contributed by atoms with van der Waals surface area (Å²) in [6.07, 6.45) is 1.84. The molecule has 2 N–H and O–H groups in total. The topological polar surface area (TPSA) is 74.6 Å². The molecule has 0 aliphatic rings. The lowest BCUT2D eigenvalue weighted by Crippen LogP contribution is -1.97. The minimum absolute atomic E-state index is 0.389. The highest BCUT2D eigenvalue weighted by Gasteiger charge is 2.08. The number of hydrogen-bond acceptors (Lipinski definition) is 4. The maximum Gasteiger partial charge on any atom is 0.218 e.